The van der Waals surface area contributed by atoms with Crippen LogP contribution in [-0.4, -0.2) is 49.2 Å². The number of anilines is 1. The zero-order valence-corrected chi connectivity index (χ0v) is 28.3. The second kappa shape index (κ2) is 15.7. The molecule has 0 spiro atoms. The van der Waals surface area contributed by atoms with Gasteiger partial charge in [0.25, 0.3) is 0 Å². The Hall–Kier alpha value is -6.00. The number of fused-ring (bicyclic) bond motifs is 1. The molecule has 2 atom stereocenters. The van der Waals surface area contributed by atoms with Gasteiger partial charge in [-0.1, -0.05) is 133 Å². The van der Waals surface area contributed by atoms with Gasteiger partial charge in [-0.2, -0.15) is 9.97 Å². The van der Waals surface area contributed by atoms with Crippen LogP contribution in [-0.2, 0) is 22.7 Å². The van der Waals surface area contributed by atoms with Crippen LogP contribution in [0.4, 0.5) is 15.4 Å². The highest BCUT2D eigenvalue weighted by atomic mass is 35.5. The first-order valence-corrected chi connectivity index (χ1v) is 17.0. The number of carbonyl (C=O) groups excluding carboxylic acids is 2. The first kappa shape index (κ1) is 33.5. The Kier molecular flexibility index (Phi) is 10.3. The average molecular weight is 699 g/mol. The summed E-state index contributed by atoms with van der Waals surface area (Å²) < 4.78 is 13.1. The van der Waals surface area contributed by atoms with Gasteiger partial charge in [-0.05, 0) is 40.3 Å². The topological polar surface area (TPSA) is 111 Å². The molecule has 11 heteroatoms. The molecule has 4 aromatic carbocycles. The van der Waals surface area contributed by atoms with E-state index in [-0.39, 0.29) is 30.5 Å². The van der Waals surface area contributed by atoms with Crippen LogP contribution in [0.5, 0.6) is 0 Å². The minimum Gasteiger partial charge on any atom is -0.444 e. The molecule has 2 aromatic heterocycles. The highest BCUT2D eigenvalue weighted by Gasteiger charge is 2.36. The molecular weight excluding hydrogens is 664 g/mol. The predicted octanol–water partition coefficient (Wildman–Crippen LogP) is 8.57. The van der Waals surface area contributed by atoms with Crippen molar-refractivity contribution in [3.05, 3.63) is 167 Å². The largest absolute Gasteiger partial charge is 0.444 e. The van der Waals surface area contributed by atoms with Gasteiger partial charge in [-0.25, -0.2) is 19.5 Å². The molecular formula is C40H35ClN6O4. The smallest absolute Gasteiger partial charge is 0.420 e. The number of nitrogens with one attached hydrogen (secondary N) is 1. The molecule has 0 saturated heterocycles. The van der Waals surface area contributed by atoms with E-state index in [1.165, 1.54) is 0 Å². The van der Waals surface area contributed by atoms with Crippen LogP contribution in [0.25, 0.3) is 11.2 Å². The Morgan fingerprint density at radius 1 is 0.765 bits per heavy atom. The van der Waals surface area contributed by atoms with E-state index in [0.29, 0.717) is 29.9 Å². The van der Waals surface area contributed by atoms with Gasteiger partial charge in [-0.3, -0.25) is 0 Å². The van der Waals surface area contributed by atoms with E-state index >= 15 is 0 Å². The summed E-state index contributed by atoms with van der Waals surface area (Å²) in [6.45, 7) is 0.559. The van der Waals surface area contributed by atoms with Gasteiger partial charge in [0, 0.05) is 12.5 Å². The van der Waals surface area contributed by atoms with E-state index < -0.39 is 18.2 Å². The van der Waals surface area contributed by atoms with Gasteiger partial charge in [0.1, 0.15) is 13.2 Å². The number of ether oxygens (including phenoxy) is 2. The van der Waals surface area contributed by atoms with Gasteiger partial charge in [0.05, 0.1) is 18.4 Å². The van der Waals surface area contributed by atoms with Crippen molar-refractivity contribution < 1.29 is 19.1 Å². The maximum Gasteiger partial charge on any atom is 0.420 e. The van der Waals surface area contributed by atoms with Crippen LogP contribution in [0.15, 0.2) is 140 Å². The molecule has 2 heterocycles. The van der Waals surface area contributed by atoms with E-state index in [1.54, 1.807) is 12.4 Å². The number of hydrogen-bond donors (Lipinski definition) is 1. The van der Waals surface area contributed by atoms with Gasteiger partial charge in [0.15, 0.2) is 17.0 Å². The number of amides is 2. The number of carbonyl (C=O) groups is 2. The van der Waals surface area contributed by atoms with Gasteiger partial charge in [-0.15, -0.1) is 0 Å². The first-order valence-electron chi connectivity index (χ1n) is 16.7. The fourth-order valence-electron chi connectivity index (χ4n) is 6.24. The number of aromatic nitrogens is 4. The third kappa shape index (κ3) is 7.92. The number of imide groups is 1. The molecule has 0 bridgehead atoms. The number of nitrogens with zero attached hydrogens (tertiary/aromatic N) is 5. The molecule has 1 aliphatic rings. The molecule has 1 N–H and O–H groups in total. The zero-order chi connectivity index (χ0) is 35.0. The first-order chi connectivity index (χ1) is 25.0. The lowest BCUT2D eigenvalue weighted by Crippen LogP contribution is -2.44. The van der Waals surface area contributed by atoms with Crippen molar-refractivity contribution in [1.82, 2.24) is 24.4 Å². The van der Waals surface area contributed by atoms with Gasteiger partial charge >= 0.3 is 12.2 Å². The Balaban J connectivity index is 1.10. The van der Waals surface area contributed by atoms with Crippen LogP contribution in [0.3, 0.4) is 0 Å². The normalized spacial score (nSPS) is 15.2. The van der Waals surface area contributed by atoms with Gasteiger partial charge < -0.3 is 19.4 Å². The number of imidazole rings is 1. The molecule has 0 fully saturated rings. The highest BCUT2D eigenvalue weighted by molar-refractivity contribution is 6.28. The van der Waals surface area contributed by atoms with Crippen molar-refractivity contribution in [2.45, 2.75) is 37.6 Å². The number of rotatable bonds is 11. The van der Waals surface area contributed by atoms with Crippen molar-refractivity contribution in [2.75, 3.05) is 11.9 Å². The lowest BCUT2D eigenvalue weighted by molar-refractivity contribution is 0.0612. The van der Waals surface area contributed by atoms with E-state index in [4.69, 9.17) is 21.1 Å². The van der Waals surface area contributed by atoms with Crippen molar-refractivity contribution in [1.29, 1.82) is 0 Å². The van der Waals surface area contributed by atoms with E-state index in [0.717, 1.165) is 27.2 Å². The number of allylic oxidation sites excluding steroid dienone is 1. The van der Waals surface area contributed by atoms with Crippen LogP contribution in [0.2, 0.25) is 5.28 Å². The second-order valence-corrected chi connectivity index (χ2v) is 12.5. The van der Waals surface area contributed by atoms with Gasteiger partial charge in [0.2, 0.25) is 5.28 Å². The molecule has 0 unspecified atom stereocenters. The fourth-order valence-corrected chi connectivity index (χ4v) is 6.40. The standard InChI is InChI=1S/C40H35ClN6O4/c41-38-44-36(42-24-34(30-17-9-3-10-18-30)31-19-11-4-12-20-31)35-37(45-38)46(27-43-35)32-21-22-33(23-32)47(39(48)50-25-28-13-5-1-6-14-28)40(49)51-26-29-15-7-2-8-16-29/h1-22,27,32-34H,23-26H2,(H,42,44,45)/t32-,33+/m0/s1. The Labute approximate surface area is 300 Å². The second-order valence-electron chi connectivity index (χ2n) is 12.1. The van der Waals surface area contributed by atoms with E-state index in [2.05, 4.69) is 44.5 Å². The van der Waals surface area contributed by atoms with Crippen molar-refractivity contribution in [3.8, 4) is 0 Å². The molecule has 0 radical (unpaired) electrons. The van der Waals surface area contributed by atoms with E-state index in [9.17, 15) is 9.59 Å². The monoisotopic (exact) mass is 698 g/mol. The third-order valence-electron chi connectivity index (χ3n) is 8.80. The molecule has 7 rings (SSSR count). The summed E-state index contributed by atoms with van der Waals surface area (Å²) in [5.41, 5.74) is 5.00. The predicted molar refractivity (Wildman–Crippen MR) is 195 cm³/mol. The maximum absolute atomic E-state index is 13.5. The van der Waals surface area contributed by atoms with Crippen LogP contribution in [0, 0.1) is 0 Å². The average Bonchev–Trinajstić information content (AvgIpc) is 3.82. The number of halogens is 1. The minimum atomic E-state index is -0.800. The highest BCUT2D eigenvalue weighted by Crippen LogP contribution is 2.33. The zero-order valence-electron chi connectivity index (χ0n) is 27.6. The molecule has 51 heavy (non-hydrogen) atoms. The quantitative estimate of drug-likeness (QED) is 0.106. The maximum atomic E-state index is 13.5. The SMILES string of the molecule is O=C(OCc1ccccc1)N(C(=O)OCc1ccccc1)[C@@H]1C=C[C@H](n2cnc3c(NCC(c4ccccc4)c4ccccc4)nc(Cl)nc32)C1. The minimum absolute atomic E-state index is 0.00869. The Morgan fingerprint density at radius 2 is 1.29 bits per heavy atom. The lowest BCUT2D eigenvalue weighted by Gasteiger charge is -2.26. The Morgan fingerprint density at radius 3 is 1.84 bits per heavy atom. The summed E-state index contributed by atoms with van der Waals surface area (Å²) >= 11 is 6.49. The molecule has 10 nitrogen and oxygen atoms in total. The van der Waals surface area contributed by atoms with Crippen molar-refractivity contribution >= 4 is 40.8 Å². The summed E-state index contributed by atoms with van der Waals surface area (Å²) in [5, 5.41) is 3.55. The molecule has 2 amide bonds. The molecule has 0 aliphatic heterocycles. The molecule has 0 saturated carbocycles. The van der Waals surface area contributed by atoms with Crippen LogP contribution < -0.4 is 5.32 Å². The molecule has 6 aromatic rings. The van der Waals surface area contributed by atoms with Crippen molar-refractivity contribution in [2.24, 2.45) is 0 Å². The fraction of sp³-hybridized carbons (Fsp3) is 0.175. The number of benzene rings is 4. The van der Waals surface area contributed by atoms with Crippen LogP contribution in [0.1, 0.15) is 40.6 Å². The summed E-state index contributed by atoms with van der Waals surface area (Å²) in [7, 11) is 0. The summed E-state index contributed by atoms with van der Waals surface area (Å²) in [6.07, 6.45) is 4.14. The number of hydrogen-bond acceptors (Lipinski definition) is 8. The van der Waals surface area contributed by atoms with Crippen LogP contribution >= 0.6 is 11.6 Å². The summed E-state index contributed by atoms with van der Waals surface area (Å²) in [6, 6.07) is 38.2. The molecule has 1 aliphatic carbocycles. The molecule has 256 valence electrons. The lowest BCUT2D eigenvalue weighted by atomic mass is 9.91. The Bertz CT molecular complexity index is 2020. The summed E-state index contributed by atoms with van der Waals surface area (Å²) in [4.78, 5) is 41.7. The van der Waals surface area contributed by atoms with Crippen molar-refractivity contribution in [3.63, 3.8) is 0 Å². The van der Waals surface area contributed by atoms with E-state index in [1.807, 2.05) is 108 Å². The summed E-state index contributed by atoms with van der Waals surface area (Å²) in [5.74, 6) is 0.556. The third-order valence-corrected chi connectivity index (χ3v) is 8.97.